The summed E-state index contributed by atoms with van der Waals surface area (Å²) in [6.07, 6.45) is 10.4. The van der Waals surface area contributed by atoms with Crippen molar-refractivity contribution in [2.45, 2.75) is 37.8 Å². The Kier molecular flexibility index (Phi) is 5.79. The molecular weight excluding hydrogens is 466 g/mol. The third-order valence-electron chi connectivity index (χ3n) is 6.28. The van der Waals surface area contributed by atoms with Crippen molar-refractivity contribution in [1.29, 1.82) is 0 Å². The molecule has 6 rings (SSSR count). The van der Waals surface area contributed by atoms with Gasteiger partial charge in [-0.2, -0.15) is 5.10 Å². The second-order valence-corrected chi connectivity index (χ2v) is 10.2. The predicted molar refractivity (Wildman–Crippen MR) is 131 cm³/mol. The van der Waals surface area contributed by atoms with Crippen LogP contribution in [0.4, 0.5) is 5.13 Å². The largest absolute Gasteiger partial charge is 0.506 e. The molecule has 8 nitrogen and oxygen atoms in total. The van der Waals surface area contributed by atoms with E-state index in [0.29, 0.717) is 16.7 Å². The Morgan fingerprint density at radius 2 is 1.84 bits per heavy atom. The number of thiazole rings is 2. The van der Waals surface area contributed by atoms with Crippen molar-refractivity contribution in [2.75, 3.05) is 25.0 Å². The highest BCUT2D eigenvalue weighted by atomic mass is 35.5. The lowest BCUT2D eigenvalue weighted by atomic mass is 10.0. The van der Waals surface area contributed by atoms with E-state index in [-0.39, 0.29) is 18.2 Å². The van der Waals surface area contributed by atoms with Gasteiger partial charge in [-0.15, -0.1) is 12.4 Å². The number of nitrogens with one attached hydrogen (secondary N) is 1. The molecule has 0 radical (unpaired) electrons. The molecule has 1 saturated carbocycles. The number of pyridine rings is 1. The van der Waals surface area contributed by atoms with Gasteiger partial charge in [0.2, 0.25) is 0 Å². The zero-order valence-corrected chi connectivity index (χ0v) is 20.0. The zero-order chi connectivity index (χ0) is 20.9. The summed E-state index contributed by atoms with van der Waals surface area (Å²) in [6, 6.07) is 3.09. The van der Waals surface area contributed by atoms with Gasteiger partial charge < -0.3 is 14.9 Å². The lowest BCUT2D eigenvalue weighted by Gasteiger charge is -2.36. The molecular formula is C21H24ClN7OS2. The third-order valence-corrected chi connectivity index (χ3v) is 8.40. The van der Waals surface area contributed by atoms with Gasteiger partial charge in [0.1, 0.15) is 16.5 Å². The van der Waals surface area contributed by atoms with Crippen LogP contribution in [0, 0.1) is 0 Å². The van der Waals surface area contributed by atoms with Crippen LogP contribution in [0.3, 0.4) is 0 Å². The number of H-pyrrole nitrogens is 1. The molecule has 4 aromatic rings. The molecule has 2 N–H and O–H groups in total. The Balaban J connectivity index is 0.00000216. The number of likely N-dealkylation sites (tertiary alicyclic amines) is 1. The molecule has 0 atom stereocenters. The van der Waals surface area contributed by atoms with Gasteiger partial charge >= 0.3 is 0 Å². The Labute approximate surface area is 199 Å². The molecule has 4 aromatic heterocycles. The fourth-order valence-electron chi connectivity index (χ4n) is 4.30. The highest BCUT2D eigenvalue weighted by Crippen LogP contribution is 2.40. The van der Waals surface area contributed by atoms with E-state index in [2.05, 4.69) is 32.0 Å². The van der Waals surface area contributed by atoms with Gasteiger partial charge in [0.25, 0.3) is 0 Å². The number of anilines is 1. The van der Waals surface area contributed by atoms with Crippen molar-refractivity contribution in [1.82, 2.24) is 30.0 Å². The fraction of sp³-hybridized carbons (Fsp3) is 0.429. The molecule has 2 aliphatic rings. The maximum absolute atomic E-state index is 10.5. The van der Waals surface area contributed by atoms with Crippen LogP contribution in [0.5, 0.6) is 5.75 Å². The number of halogens is 1. The average molecular weight is 490 g/mol. The quantitative estimate of drug-likeness (QED) is 0.429. The summed E-state index contributed by atoms with van der Waals surface area (Å²) in [5.74, 6) is 0.111. The van der Waals surface area contributed by atoms with E-state index in [9.17, 15) is 5.11 Å². The second-order valence-electron chi connectivity index (χ2n) is 8.31. The van der Waals surface area contributed by atoms with E-state index in [1.807, 2.05) is 0 Å². The molecule has 1 aliphatic carbocycles. The summed E-state index contributed by atoms with van der Waals surface area (Å²) in [4.78, 5) is 20.8. The van der Waals surface area contributed by atoms with E-state index in [1.54, 1.807) is 36.0 Å². The van der Waals surface area contributed by atoms with Gasteiger partial charge in [-0.05, 0) is 31.7 Å². The number of rotatable bonds is 5. The van der Waals surface area contributed by atoms with Crippen LogP contribution < -0.4 is 4.90 Å². The first-order chi connectivity index (χ1) is 15.2. The van der Waals surface area contributed by atoms with Crippen LogP contribution in [0.1, 0.15) is 25.7 Å². The molecule has 11 heteroatoms. The van der Waals surface area contributed by atoms with Crippen LogP contribution in [0.25, 0.3) is 31.5 Å². The molecule has 5 heterocycles. The average Bonchev–Trinajstić information content (AvgIpc) is 3.16. The monoisotopic (exact) mass is 489 g/mol. The van der Waals surface area contributed by atoms with Gasteiger partial charge in [0.15, 0.2) is 14.8 Å². The second kappa shape index (κ2) is 8.58. The number of aromatic nitrogens is 5. The number of fused-ring (bicyclic) bond motifs is 1. The highest BCUT2D eigenvalue weighted by Gasteiger charge is 2.33. The lowest BCUT2D eigenvalue weighted by Crippen LogP contribution is -2.44. The summed E-state index contributed by atoms with van der Waals surface area (Å²) in [6.45, 7) is 2.39. The zero-order valence-electron chi connectivity index (χ0n) is 17.6. The van der Waals surface area contributed by atoms with Gasteiger partial charge in [-0.1, -0.05) is 22.7 Å². The maximum atomic E-state index is 10.5. The molecule has 0 aromatic carbocycles. The van der Waals surface area contributed by atoms with Gasteiger partial charge in [-0.25, -0.2) is 15.0 Å². The Morgan fingerprint density at radius 1 is 1.06 bits per heavy atom. The molecule has 0 amide bonds. The van der Waals surface area contributed by atoms with Gasteiger partial charge in [-0.3, -0.25) is 5.10 Å². The van der Waals surface area contributed by atoms with Gasteiger partial charge in [0.05, 0.1) is 6.20 Å². The lowest BCUT2D eigenvalue weighted by molar-refractivity contribution is 0.202. The molecule has 32 heavy (non-hydrogen) atoms. The molecule has 0 unspecified atom stereocenters. The van der Waals surface area contributed by atoms with Crippen LogP contribution in [0.2, 0.25) is 0 Å². The molecule has 168 valence electrons. The number of nitrogens with zero attached hydrogens (tertiary/aromatic N) is 6. The summed E-state index contributed by atoms with van der Waals surface area (Å²) < 4.78 is 0. The van der Waals surface area contributed by atoms with Crippen molar-refractivity contribution in [3.05, 3.63) is 24.7 Å². The summed E-state index contributed by atoms with van der Waals surface area (Å²) in [7, 11) is 2.16. The topological polar surface area (TPSA) is 94.1 Å². The highest BCUT2D eigenvalue weighted by molar-refractivity contribution is 7.29. The van der Waals surface area contributed by atoms with E-state index in [1.165, 1.54) is 50.1 Å². The van der Waals surface area contributed by atoms with Crippen molar-refractivity contribution < 1.29 is 5.11 Å². The maximum Gasteiger partial charge on any atom is 0.188 e. The minimum absolute atomic E-state index is 0. The molecule has 1 saturated heterocycles. The molecule has 1 aliphatic heterocycles. The van der Waals surface area contributed by atoms with Crippen molar-refractivity contribution in [3.8, 4) is 27.6 Å². The first-order valence-corrected chi connectivity index (χ1v) is 12.2. The number of hydrogen-bond acceptors (Lipinski definition) is 9. The van der Waals surface area contributed by atoms with Crippen LogP contribution in [-0.4, -0.2) is 67.4 Å². The van der Waals surface area contributed by atoms with Crippen molar-refractivity contribution >= 4 is 49.9 Å². The SMILES string of the molecule is CN(c1nc2sc(-c3ncc(-c4cn[nH]c4)cc3O)nc2s1)C1CCN(C2CC2)CC1.Cl. The standard InChI is InChI=1S/C21H23N7OS2.ClH/c1-27(14-4-6-28(7-5-14)15-2-3-15)21-26-20-19(31-21)25-18(30-20)17-16(29)8-12(9-22-17)13-10-23-24-11-13;/h8-11,14-15,29H,2-7H2,1H3,(H,23,24);1H. The van der Waals surface area contributed by atoms with Crippen LogP contribution in [-0.2, 0) is 0 Å². The van der Waals surface area contributed by atoms with Crippen LogP contribution in [0.15, 0.2) is 24.7 Å². The summed E-state index contributed by atoms with van der Waals surface area (Å²) >= 11 is 3.10. The minimum atomic E-state index is 0. The van der Waals surface area contributed by atoms with Crippen molar-refractivity contribution in [2.24, 2.45) is 0 Å². The normalized spacial score (nSPS) is 17.5. The number of piperidine rings is 1. The van der Waals surface area contributed by atoms with E-state index in [0.717, 1.165) is 32.0 Å². The fourth-order valence-corrected chi connectivity index (χ4v) is 6.38. The van der Waals surface area contributed by atoms with Crippen LogP contribution >= 0.6 is 35.1 Å². The van der Waals surface area contributed by atoms with Gasteiger partial charge in [0, 0.05) is 55.7 Å². The Hall–Kier alpha value is -2.27. The number of aromatic amines is 1. The Morgan fingerprint density at radius 3 is 2.50 bits per heavy atom. The number of aromatic hydroxyl groups is 1. The van der Waals surface area contributed by atoms with E-state index >= 15 is 0 Å². The predicted octanol–water partition coefficient (Wildman–Crippen LogP) is 4.40. The molecule has 0 spiro atoms. The minimum Gasteiger partial charge on any atom is -0.506 e. The van der Waals surface area contributed by atoms with E-state index in [4.69, 9.17) is 9.97 Å². The Bertz CT molecular complexity index is 1180. The first-order valence-electron chi connectivity index (χ1n) is 10.6. The van der Waals surface area contributed by atoms with Crippen molar-refractivity contribution in [3.63, 3.8) is 0 Å². The van der Waals surface area contributed by atoms with E-state index < -0.39 is 0 Å². The summed E-state index contributed by atoms with van der Waals surface area (Å²) in [5, 5.41) is 19.0. The molecule has 2 fully saturated rings. The smallest absolute Gasteiger partial charge is 0.188 e. The number of hydrogen-bond donors (Lipinski definition) is 2. The third kappa shape index (κ3) is 3.96. The first kappa shape index (κ1) is 21.6. The molecule has 0 bridgehead atoms. The summed E-state index contributed by atoms with van der Waals surface area (Å²) in [5.41, 5.74) is 2.18.